The maximum Gasteiger partial charge on any atom is 0.303 e. The first kappa shape index (κ1) is 11.6. The Bertz CT molecular complexity index is 201. The maximum absolute atomic E-state index is 10.5. The number of carbonyl (C=O) groups is 1. The number of likely N-dealkylation sites (tertiary alicyclic amines) is 1. The Balaban J connectivity index is 2.24. The van der Waals surface area contributed by atoms with Gasteiger partial charge in [-0.2, -0.15) is 0 Å². The van der Waals surface area contributed by atoms with E-state index in [0.29, 0.717) is 0 Å². The van der Waals surface area contributed by atoms with Gasteiger partial charge < -0.3 is 9.66 Å². The van der Waals surface area contributed by atoms with Crippen molar-refractivity contribution < 1.29 is 18.7 Å². The second-order valence-electron chi connectivity index (χ2n) is 3.61. The van der Waals surface area contributed by atoms with Crippen molar-refractivity contribution in [3.63, 3.8) is 0 Å². The van der Waals surface area contributed by atoms with E-state index >= 15 is 0 Å². The first-order valence-electron chi connectivity index (χ1n) is 4.59. The van der Waals surface area contributed by atoms with Crippen LogP contribution in [0.5, 0.6) is 0 Å². The Morgan fingerprint density at radius 3 is 2.43 bits per heavy atom. The van der Waals surface area contributed by atoms with Crippen LogP contribution in [-0.4, -0.2) is 43.7 Å². The Morgan fingerprint density at radius 1 is 1.43 bits per heavy atom. The van der Waals surface area contributed by atoms with Crippen LogP contribution in [0.2, 0.25) is 0 Å². The molecule has 1 heterocycles. The molecule has 1 aliphatic heterocycles. The average molecular weight is 221 g/mol. The van der Waals surface area contributed by atoms with Crippen LogP contribution in [0.3, 0.4) is 0 Å². The molecule has 6 heteroatoms. The van der Waals surface area contributed by atoms with Gasteiger partial charge in [0.2, 0.25) is 0 Å². The van der Waals surface area contributed by atoms with Gasteiger partial charge in [-0.05, 0) is 31.8 Å². The summed E-state index contributed by atoms with van der Waals surface area (Å²) in [5, 5.41) is 8.57. The first-order chi connectivity index (χ1) is 6.58. The van der Waals surface area contributed by atoms with E-state index in [2.05, 4.69) is 0 Å². The minimum absolute atomic E-state index is 0.180. The van der Waals surface area contributed by atoms with Crippen molar-refractivity contribution in [3.8, 4) is 0 Å². The van der Waals surface area contributed by atoms with Gasteiger partial charge in [-0.15, -0.1) is 0 Å². The molecule has 0 aromatic rings. The third-order valence-corrected chi connectivity index (χ3v) is 3.05. The van der Waals surface area contributed by atoms with Crippen molar-refractivity contribution in [1.29, 1.82) is 0 Å². The van der Waals surface area contributed by atoms with E-state index in [1.165, 1.54) is 0 Å². The summed E-state index contributed by atoms with van der Waals surface area (Å²) in [6.07, 6.45) is 1.84. The van der Waals surface area contributed by atoms with Crippen molar-refractivity contribution >= 4 is 17.0 Å². The monoisotopic (exact) mass is 221 g/mol. The van der Waals surface area contributed by atoms with Crippen LogP contribution in [0.15, 0.2) is 0 Å². The van der Waals surface area contributed by atoms with E-state index < -0.39 is 17.0 Å². The van der Waals surface area contributed by atoms with Crippen LogP contribution < -0.4 is 0 Å². The number of nitrogens with zero attached hydrogens (tertiary/aromatic N) is 1. The topological polar surface area (TPSA) is 77.8 Å². The quantitative estimate of drug-likeness (QED) is 0.670. The van der Waals surface area contributed by atoms with E-state index in [9.17, 15) is 9.00 Å². The predicted molar refractivity (Wildman–Crippen MR) is 52.2 cm³/mol. The fourth-order valence-corrected chi connectivity index (χ4v) is 2.29. The summed E-state index contributed by atoms with van der Waals surface area (Å²) in [4.78, 5) is 12.3. The lowest BCUT2D eigenvalue weighted by Gasteiger charge is -2.29. The van der Waals surface area contributed by atoms with Gasteiger partial charge in [-0.1, -0.05) is 0 Å². The van der Waals surface area contributed by atoms with Crippen LogP contribution in [0.1, 0.15) is 19.3 Å². The Labute approximate surface area is 85.4 Å². The molecule has 1 unspecified atom stereocenters. The van der Waals surface area contributed by atoms with Crippen LogP contribution in [0, 0.1) is 5.92 Å². The first-order valence-corrected chi connectivity index (χ1v) is 5.87. The molecule has 82 valence electrons. The second kappa shape index (κ2) is 5.43. The summed E-state index contributed by atoms with van der Waals surface area (Å²) in [6.45, 7) is 1.45. The van der Waals surface area contributed by atoms with Crippen LogP contribution in [0.25, 0.3) is 0 Å². The molecule has 0 radical (unpaired) electrons. The van der Waals surface area contributed by atoms with E-state index in [-0.39, 0.29) is 18.2 Å². The van der Waals surface area contributed by atoms with Gasteiger partial charge in [0.1, 0.15) is 5.88 Å². The molecule has 0 bridgehead atoms. The minimum atomic E-state index is -1.78. The Hall–Kier alpha value is -0.460. The molecule has 0 aliphatic carbocycles. The van der Waals surface area contributed by atoms with Gasteiger partial charge in [-0.3, -0.25) is 9.69 Å². The van der Waals surface area contributed by atoms with Gasteiger partial charge in [0.15, 0.2) is 11.1 Å². The third-order valence-electron chi connectivity index (χ3n) is 2.46. The summed E-state index contributed by atoms with van der Waals surface area (Å²) in [5.74, 6) is -0.343. The highest BCUT2D eigenvalue weighted by Crippen LogP contribution is 2.20. The number of hydrogen-bond acceptors (Lipinski definition) is 3. The predicted octanol–water partition coefficient (Wildman–Crippen LogP) is 0.352. The normalized spacial score (nSPS) is 22.1. The lowest BCUT2D eigenvalue weighted by atomic mass is 9.94. The zero-order chi connectivity index (χ0) is 10.6. The molecule has 0 saturated carbocycles. The fraction of sp³-hybridized carbons (Fsp3) is 0.875. The maximum atomic E-state index is 10.5. The van der Waals surface area contributed by atoms with Crippen molar-refractivity contribution in [2.45, 2.75) is 19.3 Å². The SMILES string of the molecule is O=C(O)CC1CCN(CS(=O)O)CC1. The molecule has 14 heavy (non-hydrogen) atoms. The number of aliphatic carboxylic acids is 1. The van der Waals surface area contributed by atoms with E-state index in [0.717, 1.165) is 25.9 Å². The van der Waals surface area contributed by atoms with Gasteiger partial charge in [0.05, 0.1) is 0 Å². The number of carboxylic acid groups (broad SMARTS) is 1. The highest BCUT2D eigenvalue weighted by atomic mass is 32.2. The highest BCUT2D eigenvalue weighted by Gasteiger charge is 2.21. The van der Waals surface area contributed by atoms with Crippen LogP contribution in [-0.2, 0) is 15.9 Å². The molecule has 0 spiro atoms. The molecule has 0 aromatic heterocycles. The Kier molecular flexibility index (Phi) is 4.50. The largest absolute Gasteiger partial charge is 0.481 e. The molecule has 0 aromatic carbocycles. The van der Waals surface area contributed by atoms with Crippen LogP contribution >= 0.6 is 0 Å². The number of piperidine rings is 1. The van der Waals surface area contributed by atoms with Crippen molar-refractivity contribution in [2.24, 2.45) is 5.92 Å². The van der Waals surface area contributed by atoms with Crippen molar-refractivity contribution in [2.75, 3.05) is 19.0 Å². The van der Waals surface area contributed by atoms with Gasteiger partial charge in [0.25, 0.3) is 0 Å². The molecular weight excluding hydrogens is 206 g/mol. The lowest BCUT2D eigenvalue weighted by Crippen LogP contribution is -2.36. The molecular formula is C8H15NO4S. The Morgan fingerprint density at radius 2 is 2.00 bits per heavy atom. The molecule has 0 amide bonds. The molecule has 2 N–H and O–H groups in total. The van der Waals surface area contributed by atoms with Crippen LogP contribution in [0.4, 0.5) is 0 Å². The zero-order valence-corrected chi connectivity index (χ0v) is 8.70. The highest BCUT2D eigenvalue weighted by molar-refractivity contribution is 7.79. The number of hydrogen-bond donors (Lipinski definition) is 2. The summed E-state index contributed by atoms with van der Waals surface area (Å²) < 4.78 is 19.2. The lowest BCUT2D eigenvalue weighted by molar-refractivity contribution is -0.138. The summed E-state index contributed by atoms with van der Waals surface area (Å²) in [5.41, 5.74) is 0. The standard InChI is InChI=1S/C8H15NO4S/c10-8(11)5-7-1-3-9(4-2-7)6-14(12)13/h7H,1-6H2,(H,10,11)(H,12,13). The van der Waals surface area contributed by atoms with Crippen molar-refractivity contribution in [1.82, 2.24) is 4.90 Å². The molecule has 1 aliphatic rings. The van der Waals surface area contributed by atoms with Gasteiger partial charge >= 0.3 is 5.97 Å². The smallest absolute Gasteiger partial charge is 0.303 e. The van der Waals surface area contributed by atoms with E-state index in [1.807, 2.05) is 4.90 Å². The summed E-state index contributed by atoms with van der Waals surface area (Å²) in [6, 6.07) is 0. The van der Waals surface area contributed by atoms with Crippen molar-refractivity contribution in [3.05, 3.63) is 0 Å². The number of carboxylic acids is 1. The third kappa shape index (κ3) is 4.17. The van der Waals surface area contributed by atoms with Gasteiger partial charge in [0, 0.05) is 6.42 Å². The molecule has 1 saturated heterocycles. The second-order valence-corrected chi connectivity index (χ2v) is 4.51. The van der Waals surface area contributed by atoms with E-state index in [1.54, 1.807) is 0 Å². The molecule has 5 nitrogen and oxygen atoms in total. The molecule has 1 fully saturated rings. The summed E-state index contributed by atoms with van der Waals surface area (Å²) >= 11 is -1.78. The summed E-state index contributed by atoms with van der Waals surface area (Å²) in [7, 11) is 0. The van der Waals surface area contributed by atoms with E-state index in [4.69, 9.17) is 9.66 Å². The molecule has 1 rings (SSSR count). The average Bonchev–Trinajstić information content (AvgIpc) is 2.06. The number of rotatable bonds is 4. The molecule has 1 atom stereocenters. The minimum Gasteiger partial charge on any atom is -0.481 e. The fourth-order valence-electron chi connectivity index (χ4n) is 1.72. The zero-order valence-electron chi connectivity index (χ0n) is 7.89. The van der Waals surface area contributed by atoms with Gasteiger partial charge in [-0.25, -0.2) is 4.21 Å².